The number of halogens is 1. The first-order valence-electron chi connectivity index (χ1n) is 10.4. The number of ketones is 1. The highest BCUT2D eigenvalue weighted by Gasteiger charge is 2.45. The van der Waals surface area contributed by atoms with Crippen LogP contribution in [0.1, 0.15) is 34.7 Å². The average molecular weight is 450 g/mol. The van der Waals surface area contributed by atoms with Crippen molar-refractivity contribution in [3.63, 3.8) is 0 Å². The second-order valence-corrected chi connectivity index (χ2v) is 8.46. The van der Waals surface area contributed by atoms with Gasteiger partial charge in [-0.3, -0.25) is 9.59 Å². The summed E-state index contributed by atoms with van der Waals surface area (Å²) in [7, 11) is 0. The molecule has 1 N–H and O–H groups in total. The molecular formula is C25H24ClN3O3. The van der Waals surface area contributed by atoms with Gasteiger partial charge in [-0.15, -0.1) is 0 Å². The average Bonchev–Trinajstić information content (AvgIpc) is 3.37. The van der Waals surface area contributed by atoms with E-state index in [-0.39, 0.29) is 11.3 Å². The summed E-state index contributed by atoms with van der Waals surface area (Å²) in [4.78, 5) is 31.7. The van der Waals surface area contributed by atoms with Gasteiger partial charge in [0, 0.05) is 36.1 Å². The highest BCUT2D eigenvalue weighted by atomic mass is 35.5. The molecular weight excluding hydrogens is 426 g/mol. The zero-order valence-corrected chi connectivity index (χ0v) is 18.7. The standard InChI is InChI=1S/C25H24ClN3O3/c1-16-7-8-17(2)20(13-16)23(30)21-22(18-5-3-6-19(26)14-18)29(25(32)24(21)31)11-4-10-28-12-9-27-15-28/h3,5-9,12-15,22,30H,4,10-11H2,1-2H3/b23-21+. The molecule has 6 nitrogen and oxygen atoms in total. The molecule has 1 aromatic heterocycles. The van der Waals surface area contributed by atoms with Crippen LogP contribution in [0.2, 0.25) is 5.02 Å². The van der Waals surface area contributed by atoms with Crippen LogP contribution in [0.15, 0.2) is 66.8 Å². The second kappa shape index (κ2) is 9.01. The van der Waals surface area contributed by atoms with Crippen LogP contribution in [-0.4, -0.2) is 37.8 Å². The molecule has 4 rings (SSSR count). The molecule has 164 valence electrons. The molecule has 0 aliphatic carbocycles. The Bertz CT molecular complexity index is 1200. The quantitative estimate of drug-likeness (QED) is 0.337. The maximum absolute atomic E-state index is 13.1. The van der Waals surface area contributed by atoms with Crippen molar-refractivity contribution in [1.82, 2.24) is 14.5 Å². The lowest BCUT2D eigenvalue weighted by atomic mass is 9.93. The van der Waals surface area contributed by atoms with Crippen LogP contribution in [-0.2, 0) is 16.1 Å². The second-order valence-electron chi connectivity index (χ2n) is 8.02. The van der Waals surface area contributed by atoms with Crippen molar-refractivity contribution in [2.24, 2.45) is 0 Å². The first-order chi connectivity index (χ1) is 15.4. The predicted molar refractivity (Wildman–Crippen MR) is 123 cm³/mol. The van der Waals surface area contributed by atoms with Crippen molar-refractivity contribution < 1.29 is 14.7 Å². The third-order valence-electron chi connectivity index (χ3n) is 5.73. The van der Waals surface area contributed by atoms with E-state index in [4.69, 9.17) is 11.6 Å². The van der Waals surface area contributed by atoms with E-state index in [9.17, 15) is 14.7 Å². The monoisotopic (exact) mass is 449 g/mol. The summed E-state index contributed by atoms with van der Waals surface area (Å²) in [5.41, 5.74) is 3.10. The zero-order chi connectivity index (χ0) is 22.8. The number of aryl methyl sites for hydroxylation is 3. The molecule has 0 radical (unpaired) electrons. The molecule has 1 aliphatic rings. The predicted octanol–water partition coefficient (Wildman–Crippen LogP) is 4.67. The number of rotatable bonds is 6. The Morgan fingerprint density at radius 2 is 1.94 bits per heavy atom. The van der Waals surface area contributed by atoms with Crippen molar-refractivity contribution in [2.75, 3.05) is 6.54 Å². The van der Waals surface area contributed by atoms with E-state index < -0.39 is 17.7 Å². The van der Waals surface area contributed by atoms with Crippen molar-refractivity contribution in [1.29, 1.82) is 0 Å². The number of aromatic nitrogens is 2. The Kier molecular flexibility index (Phi) is 6.15. The number of likely N-dealkylation sites (tertiary alicyclic amines) is 1. The number of carbonyl (C=O) groups excluding carboxylic acids is 2. The number of benzene rings is 2. The largest absolute Gasteiger partial charge is 0.507 e. The van der Waals surface area contributed by atoms with E-state index in [1.54, 1.807) is 30.7 Å². The summed E-state index contributed by atoms with van der Waals surface area (Å²) in [6.45, 7) is 4.79. The summed E-state index contributed by atoms with van der Waals surface area (Å²) in [6.07, 6.45) is 5.89. The lowest BCUT2D eigenvalue weighted by Crippen LogP contribution is -2.31. The van der Waals surface area contributed by atoms with Crippen LogP contribution in [0.4, 0.5) is 0 Å². The van der Waals surface area contributed by atoms with Gasteiger partial charge in [0.1, 0.15) is 5.76 Å². The zero-order valence-electron chi connectivity index (χ0n) is 18.0. The minimum absolute atomic E-state index is 0.0913. The van der Waals surface area contributed by atoms with Gasteiger partial charge < -0.3 is 14.6 Å². The van der Waals surface area contributed by atoms with Gasteiger partial charge in [0.15, 0.2) is 0 Å². The van der Waals surface area contributed by atoms with Crippen LogP contribution < -0.4 is 0 Å². The number of aliphatic hydroxyl groups is 1. The van der Waals surface area contributed by atoms with Gasteiger partial charge in [0.2, 0.25) is 0 Å². The molecule has 32 heavy (non-hydrogen) atoms. The normalized spacial score (nSPS) is 17.8. The number of hydrogen-bond donors (Lipinski definition) is 1. The molecule has 0 bridgehead atoms. The van der Waals surface area contributed by atoms with E-state index in [1.807, 2.05) is 48.9 Å². The van der Waals surface area contributed by atoms with Gasteiger partial charge in [0.25, 0.3) is 11.7 Å². The number of nitrogens with zero attached hydrogens (tertiary/aromatic N) is 3. The maximum atomic E-state index is 13.1. The Labute approximate surface area is 191 Å². The summed E-state index contributed by atoms with van der Waals surface area (Å²) < 4.78 is 1.92. The molecule has 1 aliphatic heterocycles. The summed E-state index contributed by atoms with van der Waals surface area (Å²) in [5.74, 6) is -1.46. The van der Waals surface area contributed by atoms with Gasteiger partial charge in [-0.2, -0.15) is 0 Å². The lowest BCUT2D eigenvalue weighted by molar-refractivity contribution is -0.139. The fraction of sp³-hybridized carbons (Fsp3) is 0.240. The molecule has 1 unspecified atom stereocenters. The molecule has 2 heterocycles. The first-order valence-corrected chi connectivity index (χ1v) is 10.8. The Balaban J connectivity index is 1.78. The first kappa shape index (κ1) is 21.8. The van der Waals surface area contributed by atoms with Crippen molar-refractivity contribution >= 4 is 29.1 Å². The number of aliphatic hydroxyl groups excluding tert-OH is 1. The van der Waals surface area contributed by atoms with Crippen molar-refractivity contribution in [3.8, 4) is 0 Å². The van der Waals surface area contributed by atoms with Crippen LogP contribution in [0.3, 0.4) is 0 Å². The summed E-state index contributed by atoms with van der Waals surface area (Å²) >= 11 is 6.23. The van der Waals surface area contributed by atoms with Crippen LogP contribution >= 0.6 is 11.6 Å². The summed E-state index contributed by atoms with van der Waals surface area (Å²) in [5, 5.41) is 11.7. The van der Waals surface area contributed by atoms with Crippen LogP contribution in [0.25, 0.3) is 5.76 Å². The van der Waals surface area contributed by atoms with E-state index >= 15 is 0 Å². The minimum atomic E-state index is -0.712. The third kappa shape index (κ3) is 4.18. The van der Waals surface area contributed by atoms with Crippen molar-refractivity contribution in [3.05, 3.63) is 94.0 Å². The molecule has 1 saturated heterocycles. The fourth-order valence-electron chi connectivity index (χ4n) is 4.11. The van der Waals surface area contributed by atoms with Crippen LogP contribution in [0, 0.1) is 13.8 Å². The van der Waals surface area contributed by atoms with Gasteiger partial charge in [0.05, 0.1) is 17.9 Å². The highest BCUT2D eigenvalue weighted by Crippen LogP contribution is 2.40. The maximum Gasteiger partial charge on any atom is 0.295 e. The molecule has 2 aromatic carbocycles. The van der Waals surface area contributed by atoms with Gasteiger partial charge >= 0.3 is 0 Å². The number of hydrogen-bond acceptors (Lipinski definition) is 4. The topological polar surface area (TPSA) is 75.4 Å². The lowest BCUT2D eigenvalue weighted by Gasteiger charge is -2.25. The van der Waals surface area contributed by atoms with Gasteiger partial charge in [-0.1, -0.05) is 41.4 Å². The molecule has 0 spiro atoms. The van der Waals surface area contributed by atoms with Crippen molar-refractivity contribution in [2.45, 2.75) is 32.9 Å². The van der Waals surface area contributed by atoms with Gasteiger partial charge in [-0.25, -0.2) is 4.98 Å². The fourth-order valence-corrected chi connectivity index (χ4v) is 4.31. The number of Topliss-reactive ketones (excluding diaryl/α,β-unsaturated/α-hetero) is 1. The SMILES string of the molecule is Cc1ccc(C)c(/C(O)=C2\C(=O)C(=O)N(CCCn3ccnc3)C2c2cccc(Cl)c2)c1. The molecule has 3 aromatic rings. The number of imidazole rings is 1. The van der Waals surface area contributed by atoms with E-state index in [1.165, 1.54) is 4.90 Å². The molecule has 0 saturated carbocycles. The third-order valence-corrected chi connectivity index (χ3v) is 5.96. The van der Waals surface area contributed by atoms with E-state index in [2.05, 4.69) is 4.98 Å². The summed E-state index contributed by atoms with van der Waals surface area (Å²) in [6, 6.07) is 12.0. The van der Waals surface area contributed by atoms with E-state index in [0.717, 1.165) is 11.1 Å². The molecule has 7 heteroatoms. The minimum Gasteiger partial charge on any atom is -0.507 e. The highest BCUT2D eigenvalue weighted by molar-refractivity contribution is 6.46. The Morgan fingerprint density at radius 1 is 1.12 bits per heavy atom. The van der Waals surface area contributed by atoms with Crippen LogP contribution in [0.5, 0.6) is 0 Å². The molecule has 1 fully saturated rings. The van der Waals surface area contributed by atoms with E-state index in [0.29, 0.717) is 35.7 Å². The Morgan fingerprint density at radius 3 is 2.66 bits per heavy atom. The Hall–Kier alpha value is -3.38. The van der Waals surface area contributed by atoms with Gasteiger partial charge in [-0.05, 0) is 49.6 Å². The molecule has 1 atom stereocenters. The number of carbonyl (C=O) groups is 2. The smallest absolute Gasteiger partial charge is 0.295 e. The molecule has 1 amide bonds. The number of amides is 1.